The fourth-order valence-electron chi connectivity index (χ4n) is 2.10. The predicted molar refractivity (Wildman–Crippen MR) is 66.0 cm³/mol. The highest BCUT2D eigenvalue weighted by molar-refractivity contribution is 5.96. The van der Waals surface area contributed by atoms with Gasteiger partial charge in [0.05, 0.1) is 0 Å². The number of hydrogen-bond acceptors (Lipinski definition) is 1. The van der Waals surface area contributed by atoms with Crippen LogP contribution < -0.4 is 0 Å². The first-order valence-corrected chi connectivity index (χ1v) is 5.97. The quantitative estimate of drug-likeness (QED) is 0.740. The topological polar surface area (TPSA) is 20.3 Å². The van der Waals surface area contributed by atoms with E-state index < -0.39 is 11.6 Å². The van der Waals surface area contributed by atoms with E-state index in [9.17, 15) is 13.6 Å². The molecule has 0 saturated heterocycles. The van der Waals surface area contributed by atoms with Gasteiger partial charge in [-0.3, -0.25) is 4.79 Å². The van der Waals surface area contributed by atoms with Crippen molar-refractivity contribution in [3.63, 3.8) is 0 Å². The molecule has 0 N–H and O–H groups in total. The third-order valence-electron chi connectivity index (χ3n) is 3.30. The Morgan fingerprint density at radius 2 is 2.11 bits per heavy atom. The van der Waals surface area contributed by atoms with Crippen LogP contribution >= 0.6 is 0 Å². The smallest absolute Gasteiger partial charge is 0.246 e. The summed E-state index contributed by atoms with van der Waals surface area (Å²) in [5.74, 6) is -1.26. The lowest BCUT2D eigenvalue weighted by Crippen LogP contribution is -2.24. The fraction of sp³-hybridized carbons (Fsp3) is 0.357. The lowest BCUT2D eigenvalue weighted by Gasteiger charge is -2.12. The van der Waals surface area contributed by atoms with Gasteiger partial charge in [-0.05, 0) is 42.5 Å². The van der Waals surface area contributed by atoms with E-state index in [0.717, 1.165) is 6.07 Å². The standard InChI is InChI=1S/C14H15F2NO/c1-3-17(2)14(18)6-9-4-5-11-12(9)7-10(15)8-13(11)16/h6-8H,3-5H2,1-2H3/b9-6+. The van der Waals surface area contributed by atoms with Crippen molar-refractivity contribution in [1.29, 1.82) is 0 Å². The molecule has 0 aromatic heterocycles. The van der Waals surface area contributed by atoms with Crippen LogP contribution in [0.3, 0.4) is 0 Å². The molecule has 1 amide bonds. The zero-order valence-corrected chi connectivity index (χ0v) is 10.5. The van der Waals surface area contributed by atoms with Crippen LogP contribution in [0.2, 0.25) is 0 Å². The van der Waals surface area contributed by atoms with Crippen LogP contribution in [0, 0.1) is 11.6 Å². The Morgan fingerprint density at radius 3 is 2.78 bits per heavy atom. The normalized spacial score (nSPS) is 15.9. The number of fused-ring (bicyclic) bond motifs is 1. The van der Waals surface area contributed by atoms with Crippen LogP contribution in [0.25, 0.3) is 5.57 Å². The van der Waals surface area contributed by atoms with E-state index in [2.05, 4.69) is 0 Å². The van der Waals surface area contributed by atoms with E-state index in [1.165, 1.54) is 12.1 Å². The first-order chi connectivity index (χ1) is 8.52. The number of nitrogens with zero attached hydrogens (tertiary/aromatic N) is 1. The van der Waals surface area contributed by atoms with E-state index in [1.807, 2.05) is 6.92 Å². The Bertz CT molecular complexity index is 523. The average Bonchev–Trinajstić information content (AvgIpc) is 2.71. The van der Waals surface area contributed by atoms with E-state index in [1.54, 1.807) is 11.9 Å². The molecular weight excluding hydrogens is 236 g/mol. The molecule has 1 aromatic rings. The van der Waals surface area contributed by atoms with Gasteiger partial charge in [0.15, 0.2) is 0 Å². The summed E-state index contributed by atoms with van der Waals surface area (Å²) in [6, 6.07) is 2.19. The highest BCUT2D eigenvalue weighted by atomic mass is 19.1. The number of allylic oxidation sites excluding steroid dienone is 1. The summed E-state index contributed by atoms with van der Waals surface area (Å²) in [7, 11) is 1.70. The second kappa shape index (κ2) is 4.88. The zero-order chi connectivity index (χ0) is 13.3. The van der Waals surface area contributed by atoms with Gasteiger partial charge >= 0.3 is 0 Å². The van der Waals surface area contributed by atoms with Crippen LogP contribution in [0.4, 0.5) is 8.78 Å². The van der Waals surface area contributed by atoms with Gasteiger partial charge in [0.25, 0.3) is 0 Å². The molecule has 0 atom stereocenters. The number of hydrogen-bond donors (Lipinski definition) is 0. The Hall–Kier alpha value is -1.71. The first-order valence-electron chi connectivity index (χ1n) is 5.97. The van der Waals surface area contributed by atoms with Gasteiger partial charge in [0.2, 0.25) is 5.91 Å². The monoisotopic (exact) mass is 251 g/mol. The summed E-state index contributed by atoms with van der Waals surface area (Å²) in [6.07, 6.45) is 2.59. The van der Waals surface area contributed by atoms with Gasteiger partial charge in [-0.15, -0.1) is 0 Å². The van der Waals surface area contributed by atoms with Crippen molar-refractivity contribution in [2.45, 2.75) is 19.8 Å². The molecule has 0 bridgehead atoms. The molecule has 2 nitrogen and oxygen atoms in total. The lowest BCUT2D eigenvalue weighted by molar-refractivity contribution is -0.124. The fourth-order valence-corrected chi connectivity index (χ4v) is 2.10. The molecule has 1 aromatic carbocycles. The van der Waals surface area contributed by atoms with E-state index in [0.29, 0.717) is 36.1 Å². The van der Waals surface area contributed by atoms with Crippen LogP contribution in [0.5, 0.6) is 0 Å². The molecule has 0 radical (unpaired) electrons. The molecule has 2 rings (SSSR count). The molecular formula is C14H15F2NO. The molecule has 0 heterocycles. The number of amides is 1. The highest BCUT2D eigenvalue weighted by Gasteiger charge is 2.22. The van der Waals surface area contributed by atoms with Crippen LogP contribution in [0.1, 0.15) is 24.5 Å². The van der Waals surface area contributed by atoms with Gasteiger partial charge in [-0.1, -0.05) is 0 Å². The van der Waals surface area contributed by atoms with Crippen LogP contribution in [-0.2, 0) is 11.2 Å². The van der Waals surface area contributed by atoms with E-state index in [4.69, 9.17) is 0 Å². The summed E-state index contributed by atoms with van der Waals surface area (Å²) >= 11 is 0. The number of benzene rings is 1. The van der Waals surface area contributed by atoms with E-state index >= 15 is 0 Å². The molecule has 1 aliphatic carbocycles. The van der Waals surface area contributed by atoms with Gasteiger partial charge in [-0.25, -0.2) is 8.78 Å². The van der Waals surface area contributed by atoms with E-state index in [-0.39, 0.29) is 5.91 Å². The lowest BCUT2D eigenvalue weighted by atomic mass is 10.1. The maximum absolute atomic E-state index is 13.5. The number of rotatable bonds is 2. The minimum absolute atomic E-state index is 0.134. The van der Waals surface area contributed by atoms with Crippen LogP contribution in [0.15, 0.2) is 18.2 Å². The summed E-state index contributed by atoms with van der Waals surface area (Å²) in [5, 5.41) is 0. The number of likely N-dealkylation sites (N-methyl/N-ethyl adjacent to an activating group) is 1. The Kier molecular flexibility index (Phi) is 3.45. The Labute approximate surface area is 105 Å². The average molecular weight is 251 g/mol. The van der Waals surface area contributed by atoms with Crippen molar-refractivity contribution in [2.75, 3.05) is 13.6 Å². The van der Waals surface area contributed by atoms with Crippen molar-refractivity contribution < 1.29 is 13.6 Å². The van der Waals surface area contributed by atoms with Crippen molar-refractivity contribution in [1.82, 2.24) is 4.90 Å². The highest BCUT2D eigenvalue weighted by Crippen LogP contribution is 2.34. The van der Waals surface area contributed by atoms with Crippen molar-refractivity contribution in [2.24, 2.45) is 0 Å². The first kappa shape index (κ1) is 12.7. The van der Waals surface area contributed by atoms with Gasteiger partial charge in [0.1, 0.15) is 11.6 Å². The predicted octanol–water partition coefficient (Wildman–Crippen LogP) is 2.77. The van der Waals surface area contributed by atoms with Crippen LogP contribution in [-0.4, -0.2) is 24.4 Å². The molecule has 0 spiro atoms. The van der Waals surface area contributed by atoms with Gasteiger partial charge in [-0.2, -0.15) is 0 Å². The SMILES string of the molecule is CCN(C)C(=O)/C=C1\CCc2c(F)cc(F)cc21. The minimum atomic E-state index is -0.602. The summed E-state index contributed by atoms with van der Waals surface area (Å²) in [5.41, 5.74) is 1.76. The molecule has 18 heavy (non-hydrogen) atoms. The van der Waals surface area contributed by atoms with Crippen molar-refractivity contribution in [3.8, 4) is 0 Å². The summed E-state index contributed by atoms with van der Waals surface area (Å²) < 4.78 is 26.7. The van der Waals surface area contributed by atoms with Gasteiger partial charge < -0.3 is 4.90 Å². The van der Waals surface area contributed by atoms with Gasteiger partial charge in [0, 0.05) is 25.7 Å². The molecule has 0 unspecified atom stereocenters. The second-order valence-electron chi connectivity index (χ2n) is 4.44. The maximum atomic E-state index is 13.5. The Balaban J connectivity index is 2.37. The second-order valence-corrected chi connectivity index (χ2v) is 4.44. The molecule has 0 aliphatic heterocycles. The van der Waals surface area contributed by atoms with Crippen molar-refractivity contribution >= 4 is 11.5 Å². The third-order valence-corrected chi connectivity index (χ3v) is 3.30. The number of carbonyl (C=O) groups excluding carboxylic acids is 1. The summed E-state index contributed by atoms with van der Waals surface area (Å²) in [4.78, 5) is 13.3. The Morgan fingerprint density at radius 1 is 1.39 bits per heavy atom. The maximum Gasteiger partial charge on any atom is 0.246 e. The summed E-state index contributed by atoms with van der Waals surface area (Å²) in [6.45, 7) is 2.48. The third kappa shape index (κ3) is 2.28. The molecule has 4 heteroatoms. The minimum Gasteiger partial charge on any atom is -0.342 e. The molecule has 0 fully saturated rings. The largest absolute Gasteiger partial charge is 0.342 e. The van der Waals surface area contributed by atoms with Crippen molar-refractivity contribution in [3.05, 3.63) is 41.0 Å². The molecule has 96 valence electrons. The molecule has 0 saturated carbocycles. The number of carbonyl (C=O) groups is 1. The molecule has 1 aliphatic rings. The zero-order valence-electron chi connectivity index (χ0n) is 10.5. The number of halogens is 2.